The fraction of sp³-hybridized carbons (Fsp3) is 0.786. The highest BCUT2D eigenvalue weighted by Crippen LogP contribution is 2.26. The van der Waals surface area contributed by atoms with E-state index in [2.05, 4.69) is 19.2 Å². The summed E-state index contributed by atoms with van der Waals surface area (Å²) in [5.74, 6) is -0.508. The maximum absolute atomic E-state index is 12.1. The van der Waals surface area contributed by atoms with Gasteiger partial charge in [-0.05, 0) is 31.6 Å². The molecule has 6 heteroatoms. The van der Waals surface area contributed by atoms with Crippen molar-refractivity contribution in [2.45, 2.75) is 52.5 Å². The Morgan fingerprint density at radius 2 is 1.85 bits per heavy atom. The fourth-order valence-electron chi connectivity index (χ4n) is 2.64. The number of nitrogens with zero attached hydrogens (tertiary/aromatic N) is 1. The summed E-state index contributed by atoms with van der Waals surface area (Å²) in [6, 6.07) is -0.255. The lowest BCUT2D eigenvalue weighted by Gasteiger charge is -2.40. The highest BCUT2D eigenvalue weighted by Gasteiger charge is 2.32. The van der Waals surface area contributed by atoms with Gasteiger partial charge >= 0.3 is 12.0 Å². The molecule has 0 aromatic carbocycles. The molecule has 2 N–H and O–H groups in total. The number of hydrogen-bond acceptors (Lipinski definition) is 3. The molecule has 0 saturated carbocycles. The molecular formula is C14H24N2O4. The number of likely N-dealkylation sites (tertiary alicyclic amines) is 1. The largest absolute Gasteiger partial charge is 0.481 e. The zero-order chi connectivity index (χ0) is 15.3. The molecule has 3 unspecified atom stereocenters. The van der Waals surface area contributed by atoms with Crippen LogP contribution >= 0.6 is 0 Å². The first-order chi connectivity index (χ1) is 9.31. The van der Waals surface area contributed by atoms with Crippen molar-refractivity contribution in [2.24, 2.45) is 11.8 Å². The summed E-state index contributed by atoms with van der Waals surface area (Å²) in [5.41, 5.74) is 0. The van der Waals surface area contributed by atoms with Gasteiger partial charge in [-0.15, -0.1) is 0 Å². The molecular weight excluding hydrogens is 260 g/mol. The van der Waals surface area contributed by atoms with E-state index >= 15 is 0 Å². The second-order valence-electron chi connectivity index (χ2n) is 5.81. The Hall–Kier alpha value is -1.59. The number of hydrogen-bond donors (Lipinski definition) is 2. The highest BCUT2D eigenvalue weighted by atomic mass is 16.4. The lowest BCUT2D eigenvalue weighted by atomic mass is 9.86. The third kappa shape index (κ3) is 4.83. The molecule has 0 bridgehead atoms. The van der Waals surface area contributed by atoms with Crippen LogP contribution in [0, 0.1) is 11.8 Å². The Balaban J connectivity index is 2.44. The van der Waals surface area contributed by atoms with Crippen molar-refractivity contribution >= 4 is 17.9 Å². The lowest BCUT2D eigenvalue weighted by molar-refractivity contribution is -0.137. The van der Waals surface area contributed by atoms with Crippen LogP contribution in [0.2, 0.25) is 0 Å². The van der Waals surface area contributed by atoms with E-state index in [1.165, 1.54) is 0 Å². The van der Waals surface area contributed by atoms with E-state index < -0.39 is 11.9 Å². The zero-order valence-electron chi connectivity index (χ0n) is 12.4. The summed E-state index contributed by atoms with van der Waals surface area (Å²) in [6.45, 7) is 6.84. The standard InChI is InChI=1S/C14H24N2O4/c1-9-7-10(2)11(3)16(8-9)14(20)15-12(17)5-4-6-13(18)19/h9-11H,4-8H2,1-3H3,(H,18,19)(H,15,17,20). The van der Waals surface area contributed by atoms with Crippen LogP contribution in [0.3, 0.4) is 0 Å². The maximum Gasteiger partial charge on any atom is 0.324 e. The van der Waals surface area contributed by atoms with Crippen LogP contribution in [-0.2, 0) is 9.59 Å². The van der Waals surface area contributed by atoms with Gasteiger partial charge in [0.1, 0.15) is 0 Å². The quantitative estimate of drug-likeness (QED) is 0.824. The first-order valence-corrected chi connectivity index (χ1v) is 7.13. The third-order valence-corrected chi connectivity index (χ3v) is 3.90. The number of nitrogens with one attached hydrogen (secondary N) is 1. The summed E-state index contributed by atoms with van der Waals surface area (Å²) in [5, 5.41) is 10.8. The zero-order valence-corrected chi connectivity index (χ0v) is 12.4. The van der Waals surface area contributed by atoms with Gasteiger partial charge in [-0.3, -0.25) is 14.9 Å². The number of piperidine rings is 1. The Morgan fingerprint density at radius 1 is 1.20 bits per heavy atom. The molecule has 1 aliphatic rings. The van der Waals surface area contributed by atoms with Crippen molar-refractivity contribution in [3.63, 3.8) is 0 Å². The van der Waals surface area contributed by atoms with Crippen molar-refractivity contribution in [2.75, 3.05) is 6.54 Å². The van der Waals surface area contributed by atoms with Gasteiger partial charge in [-0.1, -0.05) is 13.8 Å². The molecule has 3 amide bonds. The number of amides is 3. The normalized spacial score (nSPS) is 26.1. The molecule has 6 nitrogen and oxygen atoms in total. The smallest absolute Gasteiger partial charge is 0.324 e. The van der Waals surface area contributed by atoms with Crippen LogP contribution < -0.4 is 5.32 Å². The average Bonchev–Trinajstić information content (AvgIpc) is 2.32. The molecule has 3 atom stereocenters. The van der Waals surface area contributed by atoms with Crippen LogP contribution in [0.4, 0.5) is 4.79 Å². The van der Waals surface area contributed by atoms with Gasteiger partial charge in [-0.2, -0.15) is 0 Å². The van der Waals surface area contributed by atoms with Crippen LogP contribution in [-0.4, -0.2) is 40.5 Å². The van der Waals surface area contributed by atoms with Gasteiger partial charge in [0.05, 0.1) is 0 Å². The number of urea groups is 1. The third-order valence-electron chi connectivity index (χ3n) is 3.90. The topological polar surface area (TPSA) is 86.7 Å². The van der Waals surface area contributed by atoms with Crippen molar-refractivity contribution in [1.82, 2.24) is 10.2 Å². The first-order valence-electron chi connectivity index (χ1n) is 7.13. The summed E-state index contributed by atoms with van der Waals surface area (Å²) < 4.78 is 0. The van der Waals surface area contributed by atoms with E-state index in [-0.39, 0.29) is 31.3 Å². The first kappa shape index (κ1) is 16.5. The molecule has 1 aliphatic heterocycles. The number of aliphatic carboxylic acids is 1. The molecule has 114 valence electrons. The molecule has 1 rings (SSSR count). The van der Waals surface area contributed by atoms with Crippen molar-refractivity contribution in [3.8, 4) is 0 Å². The van der Waals surface area contributed by atoms with Crippen molar-refractivity contribution in [3.05, 3.63) is 0 Å². The maximum atomic E-state index is 12.1. The van der Waals surface area contributed by atoms with Gasteiger partial charge in [0.25, 0.3) is 0 Å². The molecule has 20 heavy (non-hydrogen) atoms. The molecule has 0 spiro atoms. The minimum atomic E-state index is -0.934. The van der Waals surface area contributed by atoms with Gasteiger partial charge in [0.15, 0.2) is 0 Å². The second kappa shape index (κ2) is 7.26. The number of carbonyl (C=O) groups is 3. The van der Waals surface area contributed by atoms with Crippen LogP contribution in [0.1, 0.15) is 46.5 Å². The number of imide groups is 1. The summed E-state index contributed by atoms with van der Waals surface area (Å²) >= 11 is 0. The molecule has 1 heterocycles. The summed E-state index contributed by atoms with van der Waals surface area (Å²) in [4.78, 5) is 35.7. The molecule has 0 aromatic rings. The number of rotatable bonds is 4. The lowest BCUT2D eigenvalue weighted by Crippen LogP contribution is -2.53. The number of carbonyl (C=O) groups excluding carboxylic acids is 2. The molecule has 0 aromatic heterocycles. The Bertz CT molecular complexity index is 383. The van der Waals surface area contributed by atoms with E-state index in [0.717, 1.165) is 6.42 Å². The minimum absolute atomic E-state index is 0.0597. The van der Waals surface area contributed by atoms with Crippen molar-refractivity contribution in [1.29, 1.82) is 0 Å². The second-order valence-corrected chi connectivity index (χ2v) is 5.81. The van der Waals surface area contributed by atoms with E-state index in [1.807, 2.05) is 6.92 Å². The van der Waals surface area contributed by atoms with Gasteiger partial charge < -0.3 is 10.0 Å². The minimum Gasteiger partial charge on any atom is -0.481 e. The van der Waals surface area contributed by atoms with E-state index in [1.54, 1.807) is 4.90 Å². The predicted molar refractivity (Wildman–Crippen MR) is 74.1 cm³/mol. The highest BCUT2D eigenvalue weighted by molar-refractivity contribution is 5.94. The Morgan fingerprint density at radius 3 is 2.45 bits per heavy atom. The SMILES string of the molecule is CC1CC(C)C(C)N(C(=O)NC(=O)CCCC(=O)O)C1. The van der Waals surface area contributed by atoms with Crippen molar-refractivity contribution < 1.29 is 19.5 Å². The van der Waals surface area contributed by atoms with E-state index in [0.29, 0.717) is 18.4 Å². The number of carboxylic acid groups (broad SMARTS) is 1. The van der Waals surface area contributed by atoms with E-state index in [4.69, 9.17) is 5.11 Å². The molecule has 1 saturated heterocycles. The summed E-state index contributed by atoms with van der Waals surface area (Å²) in [7, 11) is 0. The monoisotopic (exact) mass is 284 g/mol. The Kier molecular flexibility index (Phi) is 5.98. The Labute approximate surface area is 119 Å². The predicted octanol–water partition coefficient (Wildman–Crippen LogP) is 1.84. The number of carboxylic acids is 1. The van der Waals surface area contributed by atoms with Crippen LogP contribution in [0.15, 0.2) is 0 Å². The molecule has 0 aliphatic carbocycles. The van der Waals surface area contributed by atoms with Gasteiger partial charge in [0.2, 0.25) is 5.91 Å². The molecule has 1 fully saturated rings. The van der Waals surface area contributed by atoms with Gasteiger partial charge in [-0.25, -0.2) is 4.79 Å². The fourth-order valence-corrected chi connectivity index (χ4v) is 2.64. The van der Waals surface area contributed by atoms with Crippen LogP contribution in [0.5, 0.6) is 0 Å². The molecule has 0 radical (unpaired) electrons. The summed E-state index contributed by atoms with van der Waals surface area (Å²) in [6.07, 6.45) is 1.33. The van der Waals surface area contributed by atoms with E-state index in [9.17, 15) is 14.4 Å². The van der Waals surface area contributed by atoms with Gasteiger partial charge in [0, 0.05) is 25.4 Å². The van der Waals surface area contributed by atoms with Crippen LogP contribution in [0.25, 0.3) is 0 Å². The average molecular weight is 284 g/mol.